The molecule has 0 bridgehead atoms. The van der Waals surface area contributed by atoms with Gasteiger partial charge in [-0.25, -0.2) is 4.98 Å². The number of methoxy groups -OCH3 is 1. The zero-order chi connectivity index (χ0) is 18.3. The molecule has 0 saturated carbocycles. The predicted octanol–water partition coefficient (Wildman–Crippen LogP) is 2.79. The Bertz CT molecular complexity index is 1160. The molecule has 3 aromatic heterocycles. The second kappa shape index (κ2) is 6.27. The number of aromatic nitrogens is 4. The molecule has 1 aromatic carbocycles. The maximum Gasteiger partial charge on any atom is 0.271 e. The summed E-state index contributed by atoms with van der Waals surface area (Å²) in [4.78, 5) is 20.3. The van der Waals surface area contributed by atoms with Crippen LogP contribution >= 0.6 is 11.6 Å². The molecule has 3 heterocycles. The van der Waals surface area contributed by atoms with E-state index < -0.39 is 5.91 Å². The molecule has 8 heteroatoms. The number of amides is 1. The van der Waals surface area contributed by atoms with Crippen LogP contribution < -0.4 is 10.5 Å². The minimum Gasteiger partial charge on any atom is -0.481 e. The Hall–Kier alpha value is -3.19. The topological polar surface area (TPSA) is 95.9 Å². The van der Waals surface area contributed by atoms with Crippen molar-refractivity contribution in [3.63, 3.8) is 0 Å². The molecule has 130 valence electrons. The first kappa shape index (κ1) is 16.3. The van der Waals surface area contributed by atoms with E-state index in [9.17, 15) is 4.79 Å². The van der Waals surface area contributed by atoms with E-state index in [4.69, 9.17) is 22.1 Å². The molecule has 0 fully saturated rings. The summed E-state index contributed by atoms with van der Waals surface area (Å²) in [5.41, 5.74) is 8.52. The third-order valence-electron chi connectivity index (χ3n) is 4.06. The lowest BCUT2D eigenvalue weighted by Crippen LogP contribution is -2.13. The molecule has 0 aliphatic carbocycles. The van der Waals surface area contributed by atoms with Crippen LogP contribution in [0.3, 0.4) is 0 Å². The van der Waals surface area contributed by atoms with Gasteiger partial charge in [-0.3, -0.25) is 14.5 Å². The summed E-state index contributed by atoms with van der Waals surface area (Å²) >= 11 is 6.02. The van der Waals surface area contributed by atoms with Crippen molar-refractivity contribution in [1.29, 1.82) is 0 Å². The minimum absolute atomic E-state index is 0.115. The van der Waals surface area contributed by atoms with E-state index in [1.807, 2.05) is 24.3 Å². The van der Waals surface area contributed by atoms with Crippen LogP contribution in [0.15, 0.2) is 42.6 Å². The maximum absolute atomic E-state index is 11.7. The van der Waals surface area contributed by atoms with Gasteiger partial charge in [0.15, 0.2) is 5.69 Å². The fourth-order valence-electron chi connectivity index (χ4n) is 2.86. The standard InChI is InChI=1S/C18H14ClN5O2/c1-26-15-5-4-14-16(22-15)17(18(20)25)23-24(14)9-10-2-3-13-11(6-10)7-12(19)8-21-13/h2-8H,9H2,1H3,(H2,20,25). The molecule has 1 amide bonds. The molecule has 7 nitrogen and oxygen atoms in total. The van der Waals surface area contributed by atoms with Crippen LogP contribution in [0.1, 0.15) is 16.1 Å². The van der Waals surface area contributed by atoms with Crippen molar-refractivity contribution in [3.05, 3.63) is 58.9 Å². The van der Waals surface area contributed by atoms with Gasteiger partial charge in [-0.2, -0.15) is 5.10 Å². The van der Waals surface area contributed by atoms with Crippen molar-refractivity contribution in [2.75, 3.05) is 7.11 Å². The molecule has 0 saturated heterocycles. The fourth-order valence-corrected chi connectivity index (χ4v) is 3.03. The Balaban J connectivity index is 1.80. The predicted molar refractivity (Wildman–Crippen MR) is 98.5 cm³/mol. The van der Waals surface area contributed by atoms with Crippen LogP contribution in [0.5, 0.6) is 5.88 Å². The normalized spacial score (nSPS) is 11.2. The zero-order valence-corrected chi connectivity index (χ0v) is 14.6. The van der Waals surface area contributed by atoms with Gasteiger partial charge in [-0.1, -0.05) is 17.7 Å². The molecule has 0 aliphatic heterocycles. The Morgan fingerprint density at radius 1 is 1.27 bits per heavy atom. The average molecular weight is 368 g/mol. The summed E-state index contributed by atoms with van der Waals surface area (Å²) in [6.07, 6.45) is 1.61. The van der Waals surface area contributed by atoms with E-state index >= 15 is 0 Å². The zero-order valence-electron chi connectivity index (χ0n) is 13.8. The Morgan fingerprint density at radius 3 is 2.88 bits per heavy atom. The van der Waals surface area contributed by atoms with Gasteiger partial charge < -0.3 is 10.5 Å². The number of carbonyl (C=O) groups excluding carboxylic acids is 1. The van der Waals surface area contributed by atoms with E-state index in [1.165, 1.54) is 7.11 Å². The van der Waals surface area contributed by atoms with Crippen LogP contribution in [-0.2, 0) is 6.54 Å². The lowest BCUT2D eigenvalue weighted by Gasteiger charge is -2.06. The number of rotatable bonds is 4. The maximum atomic E-state index is 11.7. The highest BCUT2D eigenvalue weighted by atomic mass is 35.5. The van der Waals surface area contributed by atoms with Gasteiger partial charge in [0, 0.05) is 17.6 Å². The molecule has 0 atom stereocenters. The quantitative estimate of drug-likeness (QED) is 0.598. The first-order valence-corrected chi connectivity index (χ1v) is 8.18. The summed E-state index contributed by atoms with van der Waals surface area (Å²) in [6, 6.07) is 11.2. The van der Waals surface area contributed by atoms with Crippen LogP contribution in [0.25, 0.3) is 21.9 Å². The molecule has 4 rings (SSSR count). The fraction of sp³-hybridized carbons (Fsp3) is 0.111. The van der Waals surface area contributed by atoms with Crippen LogP contribution in [0.2, 0.25) is 5.02 Å². The third-order valence-corrected chi connectivity index (χ3v) is 4.27. The van der Waals surface area contributed by atoms with Crippen molar-refractivity contribution in [2.24, 2.45) is 5.73 Å². The highest BCUT2D eigenvalue weighted by Crippen LogP contribution is 2.23. The number of hydrogen-bond acceptors (Lipinski definition) is 5. The summed E-state index contributed by atoms with van der Waals surface area (Å²) in [6.45, 7) is 0.445. The van der Waals surface area contributed by atoms with Gasteiger partial charge >= 0.3 is 0 Å². The summed E-state index contributed by atoms with van der Waals surface area (Å²) < 4.78 is 6.82. The summed E-state index contributed by atoms with van der Waals surface area (Å²) in [7, 11) is 1.51. The lowest BCUT2D eigenvalue weighted by molar-refractivity contribution is 0.0996. The average Bonchev–Trinajstić information content (AvgIpc) is 2.99. The molecular formula is C18H14ClN5O2. The van der Waals surface area contributed by atoms with Crippen molar-refractivity contribution in [1.82, 2.24) is 19.7 Å². The number of hydrogen-bond donors (Lipinski definition) is 1. The van der Waals surface area contributed by atoms with Crippen molar-refractivity contribution >= 4 is 39.4 Å². The number of pyridine rings is 2. The lowest BCUT2D eigenvalue weighted by atomic mass is 10.1. The van der Waals surface area contributed by atoms with E-state index in [0.717, 1.165) is 16.5 Å². The Kier molecular flexibility index (Phi) is 3.93. The number of ether oxygens (including phenoxy) is 1. The highest BCUT2D eigenvalue weighted by Gasteiger charge is 2.17. The van der Waals surface area contributed by atoms with E-state index in [0.29, 0.717) is 28.5 Å². The second-order valence-electron chi connectivity index (χ2n) is 5.77. The molecule has 2 N–H and O–H groups in total. The first-order chi connectivity index (χ1) is 12.5. The first-order valence-electron chi connectivity index (χ1n) is 7.80. The van der Waals surface area contributed by atoms with E-state index in [2.05, 4.69) is 15.1 Å². The van der Waals surface area contributed by atoms with E-state index in [1.54, 1.807) is 23.0 Å². The van der Waals surface area contributed by atoms with Gasteiger partial charge in [-0.15, -0.1) is 0 Å². The number of carbonyl (C=O) groups is 1. The summed E-state index contributed by atoms with van der Waals surface area (Å²) in [5, 5.41) is 5.85. The van der Waals surface area contributed by atoms with E-state index in [-0.39, 0.29) is 5.69 Å². The molecule has 26 heavy (non-hydrogen) atoms. The monoisotopic (exact) mass is 367 g/mol. The second-order valence-corrected chi connectivity index (χ2v) is 6.21. The number of primary amides is 1. The van der Waals surface area contributed by atoms with Gasteiger partial charge in [0.25, 0.3) is 5.91 Å². The molecule has 0 aliphatic rings. The molecule has 4 aromatic rings. The molecule has 0 unspecified atom stereocenters. The third kappa shape index (κ3) is 2.82. The number of benzene rings is 1. The van der Waals surface area contributed by atoms with Gasteiger partial charge in [0.2, 0.25) is 5.88 Å². The minimum atomic E-state index is -0.635. The van der Waals surface area contributed by atoms with Crippen LogP contribution in [-0.4, -0.2) is 32.8 Å². The van der Waals surface area contributed by atoms with Crippen molar-refractivity contribution in [3.8, 4) is 5.88 Å². The Morgan fingerprint density at radius 2 is 2.12 bits per heavy atom. The largest absolute Gasteiger partial charge is 0.481 e. The number of fused-ring (bicyclic) bond motifs is 2. The number of halogens is 1. The van der Waals surface area contributed by atoms with Crippen LogP contribution in [0, 0.1) is 0 Å². The molecule has 0 spiro atoms. The molecular weight excluding hydrogens is 354 g/mol. The van der Waals surface area contributed by atoms with Gasteiger partial charge in [0.05, 0.1) is 29.7 Å². The highest BCUT2D eigenvalue weighted by molar-refractivity contribution is 6.31. The number of nitrogens with zero attached hydrogens (tertiary/aromatic N) is 4. The number of nitrogens with two attached hydrogens (primary N) is 1. The Labute approximate surface area is 153 Å². The molecule has 0 radical (unpaired) electrons. The SMILES string of the molecule is COc1ccc2c(n1)c(C(N)=O)nn2Cc1ccc2ncc(Cl)cc2c1. The van der Waals surface area contributed by atoms with Crippen molar-refractivity contribution < 1.29 is 9.53 Å². The summed E-state index contributed by atoms with van der Waals surface area (Å²) in [5.74, 6) is -0.241. The van der Waals surface area contributed by atoms with Gasteiger partial charge in [-0.05, 0) is 29.8 Å². The smallest absolute Gasteiger partial charge is 0.271 e. The van der Waals surface area contributed by atoms with Crippen LogP contribution in [0.4, 0.5) is 0 Å². The van der Waals surface area contributed by atoms with Gasteiger partial charge in [0.1, 0.15) is 5.52 Å². The van der Waals surface area contributed by atoms with Crippen molar-refractivity contribution in [2.45, 2.75) is 6.54 Å².